The Kier molecular flexibility index (Phi) is 3.31. The molecule has 0 saturated heterocycles. The van der Waals surface area contributed by atoms with Crippen LogP contribution in [0.5, 0.6) is 5.88 Å². The van der Waals surface area contributed by atoms with Gasteiger partial charge < -0.3 is 14.8 Å². The van der Waals surface area contributed by atoms with Crippen molar-refractivity contribution in [3.05, 3.63) is 28.7 Å². The number of oxime groups is 1. The zero-order valence-electron chi connectivity index (χ0n) is 10.0. The van der Waals surface area contributed by atoms with Gasteiger partial charge in [0, 0.05) is 13.6 Å². The van der Waals surface area contributed by atoms with Crippen LogP contribution in [0, 0.1) is 0 Å². The summed E-state index contributed by atoms with van der Waals surface area (Å²) in [7, 11) is 1.52. The van der Waals surface area contributed by atoms with E-state index in [9.17, 15) is 4.79 Å². The standard InChI is InChI=1S/C11H14N4O3/c1-3-15-5-4-6-18-10-9(15)8(7-12-17)11(16)14(2)13-10/h3,7,17H,1,4-6H2,2H3. The molecule has 1 aliphatic rings. The van der Waals surface area contributed by atoms with Crippen molar-refractivity contribution in [2.75, 3.05) is 18.1 Å². The van der Waals surface area contributed by atoms with Crippen LogP contribution in [0.3, 0.4) is 0 Å². The van der Waals surface area contributed by atoms with E-state index in [2.05, 4.69) is 16.8 Å². The van der Waals surface area contributed by atoms with E-state index in [4.69, 9.17) is 9.94 Å². The quantitative estimate of drug-likeness (QED) is 0.464. The molecule has 1 aromatic heterocycles. The normalized spacial score (nSPS) is 15.1. The molecule has 0 fully saturated rings. The molecular formula is C11H14N4O3. The Morgan fingerprint density at radius 1 is 1.61 bits per heavy atom. The number of hydrogen-bond acceptors (Lipinski definition) is 6. The van der Waals surface area contributed by atoms with Crippen molar-refractivity contribution in [1.82, 2.24) is 9.78 Å². The van der Waals surface area contributed by atoms with E-state index < -0.39 is 0 Å². The molecule has 1 aliphatic heterocycles. The van der Waals surface area contributed by atoms with E-state index in [0.29, 0.717) is 24.7 Å². The highest BCUT2D eigenvalue weighted by Crippen LogP contribution is 2.29. The summed E-state index contributed by atoms with van der Waals surface area (Å²) >= 11 is 0. The molecule has 0 radical (unpaired) electrons. The highest BCUT2D eigenvalue weighted by molar-refractivity contribution is 5.89. The molecule has 7 heteroatoms. The van der Waals surface area contributed by atoms with Crippen molar-refractivity contribution in [3.63, 3.8) is 0 Å². The monoisotopic (exact) mass is 250 g/mol. The number of anilines is 1. The van der Waals surface area contributed by atoms with Crippen LogP contribution in [0.2, 0.25) is 0 Å². The molecular weight excluding hydrogens is 236 g/mol. The first kappa shape index (κ1) is 12.2. The van der Waals surface area contributed by atoms with Gasteiger partial charge in [0.25, 0.3) is 11.4 Å². The molecule has 0 atom stereocenters. The van der Waals surface area contributed by atoms with Gasteiger partial charge in [-0.1, -0.05) is 11.7 Å². The molecule has 18 heavy (non-hydrogen) atoms. The lowest BCUT2D eigenvalue weighted by Gasteiger charge is -2.20. The van der Waals surface area contributed by atoms with Crippen molar-refractivity contribution in [2.45, 2.75) is 6.42 Å². The lowest BCUT2D eigenvalue weighted by atomic mass is 10.2. The van der Waals surface area contributed by atoms with E-state index in [1.54, 1.807) is 11.1 Å². The van der Waals surface area contributed by atoms with Crippen molar-refractivity contribution < 1.29 is 9.94 Å². The summed E-state index contributed by atoms with van der Waals surface area (Å²) in [4.78, 5) is 13.8. The van der Waals surface area contributed by atoms with Gasteiger partial charge in [0.2, 0.25) is 0 Å². The second-order valence-electron chi connectivity index (χ2n) is 3.82. The molecule has 2 rings (SSSR count). The van der Waals surface area contributed by atoms with Gasteiger partial charge in [0.1, 0.15) is 5.69 Å². The first-order chi connectivity index (χ1) is 8.69. The molecule has 2 heterocycles. The summed E-state index contributed by atoms with van der Waals surface area (Å²) in [5, 5.41) is 15.7. The maximum absolute atomic E-state index is 12.0. The minimum absolute atomic E-state index is 0.229. The van der Waals surface area contributed by atoms with Crippen molar-refractivity contribution in [3.8, 4) is 5.88 Å². The Labute approximate surface area is 104 Å². The second kappa shape index (κ2) is 4.91. The van der Waals surface area contributed by atoms with Gasteiger partial charge in [-0.15, -0.1) is 5.10 Å². The highest BCUT2D eigenvalue weighted by Gasteiger charge is 2.23. The summed E-state index contributed by atoms with van der Waals surface area (Å²) in [5.41, 5.74) is 0.360. The van der Waals surface area contributed by atoms with Crippen LogP contribution in [-0.2, 0) is 7.05 Å². The van der Waals surface area contributed by atoms with E-state index >= 15 is 0 Å². The third kappa shape index (κ3) is 1.94. The molecule has 1 N–H and O–H groups in total. The van der Waals surface area contributed by atoms with Gasteiger partial charge in [-0.25, -0.2) is 4.68 Å². The van der Waals surface area contributed by atoms with E-state index in [1.807, 2.05) is 0 Å². The molecule has 1 aromatic rings. The molecule has 0 unspecified atom stereocenters. The van der Waals surface area contributed by atoms with Gasteiger partial charge in [0.15, 0.2) is 0 Å². The average molecular weight is 250 g/mol. The largest absolute Gasteiger partial charge is 0.475 e. The number of nitrogens with zero attached hydrogens (tertiary/aromatic N) is 4. The molecule has 0 aliphatic carbocycles. The van der Waals surface area contributed by atoms with Gasteiger partial charge in [-0.3, -0.25) is 4.79 Å². The van der Waals surface area contributed by atoms with Crippen LogP contribution in [-0.4, -0.2) is 34.4 Å². The first-order valence-electron chi connectivity index (χ1n) is 5.49. The third-order valence-electron chi connectivity index (χ3n) is 2.70. The molecule has 0 spiro atoms. The van der Waals surface area contributed by atoms with Gasteiger partial charge in [0.05, 0.1) is 18.4 Å². The molecule has 0 amide bonds. The van der Waals surface area contributed by atoms with Crippen LogP contribution in [0.15, 0.2) is 22.7 Å². The van der Waals surface area contributed by atoms with E-state index in [1.165, 1.54) is 7.05 Å². The third-order valence-corrected chi connectivity index (χ3v) is 2.70. The Hall–Kier alpha value is -2.31. The minimum Gasteiger partial charge on any atom is -0.475 e. The summed E-state index contributed by atoms with van der Waals surface area (Å²) in [6.45, 7) is 4.88. The molecule has 96 valence electrons. The Balaban J connectivity index is 2.74. The second-order valence-corrected chi connectivity index (χ2v) is 3.82. The number of fused-ring (bicyclic) bond motifs is 1. The van der Waals surface area contributed by atoms with Crippen LogP contribution in [0.25, 0.3) is 0 Å². The van der Waals surface area contributed by atoms with Crippen LogP contribution in [0.1, 0.15) is 12.0 Å². The summed E-state index contributed by atoms with van der Waals surface area (Å²) in [6.07, 6.45) is 3.48. The molecule has 0 saturated carbocycles. The maximum atomic E-state index is 12.0. The number of hydrogen-bond donors (Lipinski definition) is 1. The van der Waals surface area contributed by atoms with Gasteiger partial charge in [-0.2, -0.15) is 0 Å². The zero-order chi connectivity index (χ0) is 13.1. The Morgan fingerprint density at radius 3 is 3.06 bits per heavy atom. The number of aromatic nitrogens is 2. The predicted molar refractivity (Wildman–Crippen MR) is 66.5 cm³/mol. The van der Waals surface area contributed by atoms with Gasteiger partial charge >= 0.3 is 0 Å². The minimum atomic E-state index is -0.357. The van der Waals surface area contributed by atoms with Crippen molar-refractivity contribution in [2.24, 2.45) is 12.2 Å². The number of rotatable bonds is 2. The maximum Gasteiger partial charge on any atom is 0.277 e. The number of ether oxygens (including phenoxy) is 1. The summed E-state index contributed by atoms with van der Waals surface area (Å²) in [6, 6.07) is 0. The van der Waals surface area contributed by atoms with E-state index in [0.717, 1.165) is 17.3 Å². The van der Waals surface area contributed by atoms with Crippen LogP contribution in [0.4, 0.5) is 5.69 Å². The van der Waals surface area contributed by atoms with Crippen molar-refractivity contribution >= 4 is 11.9 Å². The fraction of sp³-hybridized carbons (Fsp3) is 0.364. The van der Waals surface area contributed by atoms with Crippen LogP contribution < -0.4 is 15.2 Å². The lowest BCUT2D eigenvalue weighted by Crippen LogP contribution is -2.28. The van der Waals surface area contributed by atoms with Crippen LogP contribution >= 0.6 is 0 Å². The summed E-state index contributed by atoms with van der Waals surface area (Å²) in [5.74, 6) is 0.337. The summed E-state index contributed by atoms with van der Waals surface area (Å²) < 4.78 is 6.65. The lowest BCUT2D eigenvalue weighted by molar-refractivity contribution is 0.302. The first-order valence-corrected chi connectivity index (χ1v) is 5.49. The average Bonchev–Trinajstić information content (AvgIpc) is 2.56. The Morgan fingerprint density at radius 2 is 2.39 bits per heavy atom. The highest BCUT2D eigenvalue weighted by atomic mass is 16.5. The fourth-order valence-electron chi connectivity index (χ4n) is 1.87. The topological polar surface area (TPSA) is 80.0 Å². The smallest absolute Gasteiger partial charge is 0.277 e. The SMILES string of the molecule is C=CN1CCCOc2nn(C)c(=O)c(C=NO)c21. The molecule has 0 bridgehead atoms. The number of aryl methyl sites for hydroxylation is 1. The van der Waals surface area contributed by atoms with Gasteiger partial charge in [-0.05, 0) is 12.6 Å². The van der Waals surface area contributed by atoms with E-state index in [-0.39, 0.29) is 11.1 Å². The Bertz CT molecular complexity index is 550. The fourth-order valence-corrected chi connectivity index (χ4v) is 1.87. The molecule has 0 aromatic carbocycles. The predicted octanol–water partition coefficient (Wildman–Crippen LogP) is 0.321. The van der Waals surface area contributed by atoms with Crippen molar-refractivity contribution in [1.29, 1.82) is 0 Å². The molecule has 7 nitrogen and oxygen atoms in total. The zero-order valence-corrected chi connectivity index (χ0v) is 10.0.